The Morgan fingerprint density at radius 3 is 2.39 bits per heavy atom. The summed E-state index contributed by atoms with van der Waals surface area (Å²) in [4.78, 5) is 43.5. The van der Waals surface area contributed by atoms with Gasteiger partial charge in [0.2, 0.25) is 5.91 Å². The van der Waals surface area contributed by atoms with Gasteiger partial charge in [-0.3, -0.25) is 19.4 Å². The molecule has 2 saturated heterocycles. The maximum atomic E-state index is 13.1. The number of piperazine rings is 1. The van der Waals surface area contributed by atoms with Crippen LogP contribution in [0.4, 0.5) is 4.79 Å². The molecule has 4 rings (SSSR count). The van der Waals surface area contributed by atoms with Gasteiger partial charge in [0.1, 0.15) is 23.6 Å². The molecule has 0 saturated carbocycles. The highest BCUT2D eigenvalue weighted by Gasteiger charge is 2.51. The lowest BCUT2D eigenvalue weighted by atomic mass is 9.92. The highest BCUT2D eigenvalue weighted by molar-refractivity contribution is 6.09. The second-order valence-electron chi connectivity index (χ2n) is 8.42. The van der Waals surface area contributed by atoms with Gasteiger partial charge in [-0.25, -0.2) is 4.79 Å². The molecule has 1 atom stereocenters. The summed E-state index contributed by atoms with van der Waals surface area (Å²) in [7, 11) is 0. The number of carbonyl (C=O) groups is 3. The van der Waals surface area contributed by atoms with Gasteiger partial charge in [-0.1, -0.05) is 30.3 Å². The first-order valence-corrected chi connectivity index (χ1v) is 10.5. The number of hydrogen-bond acceptors (Lipinski definition) is 5. The van der Waals surface area contributed by atoms with Gasteiger partial charge in [0.05, 0.1) is 0 Å². The molecule has 0 bridgehead atoms. The van der Waals surface area contributed by atoms with E-state index in [0.717, 1.165) is 24.5 Å². The van der Waals surface area contributed by atoms with Crippen molar-refractivity contribution in [2.45, 2.75) is 32.9 Å². The van der Waals surface area contributed by atoms with Gasteiger partial charge in [-0.2, -0.15) is 0 Å². The summed E-state index contributed by atoms with van der Waals surface area (Å²) >= 11 is 0. The summed E-state index contributed by atoms with van der Waals surface area (Å²) in [5.41, 5.74) is 0.631. The van der Waals surface area contributed by atoms with E-state index in [1.807, 2.05) is 18.2 Å². The number of amides is 4. The van der Waals surface area contributed by atoms with Crippen LogP contribution in [0.15, 0.2) is 40.8 Å². The summed E-state index contributed by atoms with van der Waals surface area (Å²) in [6.07, 6.45) is 0. The van der Waals surface area contributed by atoms with Crippen molar-refractivity contribution >= 4 is 17.8 Å². The van der Waals surface area contributed by atoms with Gasteiger partial charge in [-0.15, -0.1) is 0 Å². The number of imide groups is 1. The van der Waals surface area contributed by atoms with Crippen LogP contribution in [0.3, 0.4) is 0 Å². The highest BCUT2D eigenvalue weighted by Crippen LogP contribution is 2.32. The SMILES string of the molecule is Cc1cc(C2(C)NC(=O)N(CC(=O)N3CCN(Cc4ccccc4)CC3)C2=O)c(C)o1. The first-order chi connectivity index (χ1) is 14.8. The predicted octanol–water partition coefficient (Wildman–Crippen LogP) is 2.01. The average Bonchev–Trinajstić information content (AvgIpc) is 3.20. The molecule has 3 heterocycles. The third-order valence-corrected chi connectivity index (χ3v) is 6.12. The Balaban J connectivity index is 1.36. The molecule has 0 radical (unpaired) electrons. The van der Waals surface area contributed by atoms with E-state index in [0.29, 0.717) is 30.2 Å². The van der Waals surface area contributed by atoms with E-state index in [2.05, 4.69) is 22.3 Å². The van der Waals surface area contributed by atoms with Crippen molar-refractivity contribution in [3.63, 3.8) is 0 Å². The standard InChI is InChI=1S/C23H28N4O4/c1-16-13-19(17(2)31-16)23(3)21(29)27(22(30)24-23)15-20(28)26-11-9-25(10-12-26)14-18-7-5-4-6-8-18/h4-8,13H,9-12,14-15H2,1-3H3,(H,24,30). The molecule has 2 aromatic rings. The minimum Gasteiger partial charge on any atom is -0.466 e. The van der Waals surface area contributed by atoms with E-state index in [4.69, 9.17) is 4.42 Å². The van der Waals surface area contributed by atoms with Crippen LogP contribution in [0.2, 0.25) is 0 Å². The number of urea groups is 1. The van der Waals surface area contributed by atoms with Crippen molar-refractivity contribution in [1.82, 2.24) is 20.0 Å². The average molecular weight is 425 g/mol. The largest absolute Gasteiger partial charge is 0.466 e. The Morgan fingerprint density at radius 1 is 1.10 bits per heavy atom. The van der Waals surface area contributed by atoms with Crippen LogP contribution in [0.25, 0.3) is 0 Å². The maximum Gasteiger partial charge on any atom is 0.325 e. The summed E-state index contributed by atoms with van der Waals surface area (Å²) in [5, 5.41) is 2.74. The third kappa shape index (κ3) is 4.07. The summed E-state index contributed by atoms with van der Waals surface area (Å²) in [6, 6.07) is 11.4. The fourth-order valence-electron chi connectivity index (χ4n) is 4.38. The van der Waals surface area contributed by atoms with Crippen molar-refractivity contribution < 1.29 is 18.8 Å². The lowest BCUT2D eigenvalue weighted by Crippen LogP contribution is -2.51. The van der Waals surface area contributed by atoms with Crippen molar-refractivity contribution in [1.29, 1.82) is 0 Å². The molecule has 2 aliphatic heterocycles. The van der Waals surface area contributed by atoms with E-state index in [1.54, 1.807) is 31.7 Å². The molecule has 31 heavy (non-hydrogen) atoms. The topological polar surface area (TPSA) is 86.1 Å². The van der Waals surface area contributed by atoms with Gasteiger partial charge in [0, 0.05) is 38.3 Å². The number of nitrogens with zero attached hydrogens (tertiary/aromatic N) is 3. The van der Waals surface area contributed by atoms with E-state index in [9.17, 15) is 14.4 Å². The van der Waals surface area contributed by atoms with E-state index in [1.165, 1.54) is 5.56 Å². The highest BCUT2D eigenvalue weighted by atomic mass is 16.3. The second kappa shape index (κ2) is 8.19. The second-order valence-corrected chi connectivity index (χ2v) is 8.42. The minimum absolute atomic E-state index is 0.216. The van der Waals surface area contributed by atoms with Crippen LogP contribution >= 0.6 is 0 Å². The van der Waals surface area contributed by atoms with E-state index < -0.39 is 17.5 Å². The fourth-order valence-corrected chi connectivity index (χ4v) is 4.38. The van der Waals surface area contributed by atoms with Crippen LogP contribution in [0.5, 0.6) is 0 Å². The van der Waals surface area contributed by atoms with Crippen LogP contribution < -0.4 is 5.32 Å². The van der Waals surface area contributed by atoms with Crippen molar-refractivity contribution in [3.8, 4) is 0 Å². The quantitative estimate of drug-likeness (QED) is 0.742. The normalized spacial score (nSPS) is 22.2. The molecule has 1 N–H and O–H groups in total. The van der Waals surface area contributed by atoms with Crippen LogP contribution in [-0.4, -0.2) is 65.3 Å². The Labute approximate surface area is 181 Å². The Hall–Kier alpha value is -3.13. The molecule has 1 aromatic carbocycles. The molecule has 0 spiro atoms. The van der Waals surface area contributed by atoms with Gasteiger partial charge < -0.3 is 14.6 Å². The maximum absolute atomic E-state index is 13.1. The van der Waals surface area contributed by atoms with E-state index in [-0.39, 0.29) is 12.5 Å². The van der Waals surface area contributed by atoms with Gasteiger partial charge in [0.25, 0.3) is 5.91 Å². The van der Waals surface area contributed by atoms with Gasteiger partial charge in [-0.05, 0) is 32.4 Å². The number of benzene rings is 1. The summed E-state index contributed by atoms with van der Waals surface area (Å²) < 4.78 is 5.54. The van der Waals surface area contributed by atoms with Crippen LogP contribution in [0, 0.1) is 13.8 Å². The zero-order valence-corrected chi connectivity index (χ0v) is 18.2. The Kier molecular flexibility index (Phi) is 5.58. The van der Waals surface area contributed by atoms with Crippen LogP contribution in [0.1, 0.15) is 29.6 Å². The number of carbonyl (C=O) groups excluding carboxylic acids is 3. The molecule has 1 unspecified atom stereocenters. The molecule has 8 heteroatoms. The summed E-state index contributed by atoms with van der Waals surface area (Å²) in [6.45, 7) is 8.46. The first-order valence-electron chi connectivity index (χ1n) is 10.5. The smallest absolute Gasteiger partial charge is 0.325 e. The Bertz CT molecular complexity index is 994. The third-order valence-electron chi connectivity index (χ3n) is 6.12. The molecule has 4 amide bonds. The van der Waals surface area contributed by atoms with Gasteiger partial charge >= 0.3 is 6.03 Å². The predicted molar refractivity (Wildman–Crippen MR) is 114 cm³/mol. The number of furan rings is 1. The monoisotopic (exact) mass is 424 g/mol. The van der Waals surface area contributed by atoms with Crippen LogP contribution in [-0.2, 0) is 21.7 Å². The zero-order chi connectivity index (χ0) is 22.2. The number of rotatable bonds is 5. The first kappa shape index (κ1) is 21.1. The van der Waals surface area contributed by atoms with Crippen molar-refractivity contribution in [3.05, 3.63) is 59.0 Å². The molecule has 2 aliphatic rings. The van der Waals surface area contributed by atoms with Gasteiger partial charge in [0.15, 0.2) is 0 Å². The lowest BCUT2D eigenvalue weighted by Gasteiger charge is -2.35. The molecule has 8 nitrogen and oxygen atoms in total. The van der Waals surface area contributed by atoms with Crippen molar-refractivity contribution in [2.75, 3.05) is 32.7 Å². The number of aryl methyl sites for hydroxylation is 2. The molecule has 164 valence electrons. The van der Waals surface area contributed by atoms with E-state index >= 15 is 0 Å². The minimum atomic E-state index is -1.23. The fraction of sp³-hybridized carbons (Fsp3) is 0.435. The molecular formula is C23H28N4O4. The molecule has 1 aromatic heterocycles. The number of hydrogen-bond donors (Lipinski definition) is 1. The zero-order valence-electron chi connectivity index (χ0n) is 18.2. The lowest BCUT2D eigenvalue weighted by molar-refractivity contribution is -0.140. The molecule has 2 fully saturated rings. The molecule has 0 aliphatic carbocycles. The van der Waals surface area contributed by atoms with Crippen molar-refractivity contribution in [2.24, 2.45) is 0 Å². The molecular weight excluding hydrogens is 396 g/mol. The Morgan fingerprint density at radius 2 is 1.77 bits per heavy atom. The summed E-state index contributed by atoms with van der Waals surface area (Å²) in [5.74, 6) is 0.597. The number of nitrogens with one attached hydrogen (secondary N) is 1.